The second-order valence-electron chi connectivity index (χ2n) is 11.9. The Morgan fingerprint density at radius 2 is 1.76 bits per heavy atom. The standard InChI is InChI=1S/C28H42N4O5/c1-18(2)30-11-13-31(14-12-30)20-9-7-19(8-10-20)26(34)29-21(15-28(3,4)5)27(35)32-16-23(36-6)25-24(32)22(33)17-37-25/h7-10,18,21,23-25H,11-17H2,1-6H3,(H,29,34)/t21-,23+,24+,25+/m0/s1. The Bertz CT molecular complexity index is 981. The van der Waals surface area contributed by atoms with Crippen LogP contribution in [0.1, 0.15) is 51.4 Å². The molecule has 9 heteroatoms. The zero-order valence-electron chi connectivity index (χ0n) is 23.0. The van der Waals surface area contributed by atoms with Crippen LogP contribution in [0.3, 0.4) is 0 Å². The fourth-order valence-corrected chi connectivity index (χ4v) is 5.62. The van der Waals surface area contributed by atoms with E-state index in [-0.39, 0.29) is 42.3 Å². The van der Waals surface area contributed by atoms with Crippen LogP contribution in [-0.2, 0) is 19.1 Å². The Morgan fingerprint density at radius 3 is 2.32 bits per heavy atom. The molecule has 0 spiro atoms. The largest absolute Gasteiger partial charge is 0.377 e. The zero-order valence-corrected chi connectivity index (χ0v) is 23.0. The first-order chi connectivity index (χ1) is 17.5. The van der Waals surface area contributed by atoms with Crippen LogP contribution in [0.2, 0.25) is 0 Å². The number of Topliss-reactive ketones (excluding diaryl/α,β-unsaturated/α-hetero) is 1. The van der Waals surface area contributed by atoms with E-state index in [1.165, 1.54) is 0 Å². The number of piperazine rings is 1. The second-order valence-corrected chi connectivity index (χ2v) is 11.9. The summed E-state index contributed by atoms with van der Waals surface area (Å²) in [7, 11) is 1.56. The molecule has 3 saturated heterocycles. The molecule has 3 aliphatic heterocycles. The van der Waals surface area contributed by atoms with E-state index in [9.17, 15) is 14.4 Å². The van der Waals surface area contributed by atoms with Gasteiger partial charge in [-0.1, -0.05) is 20.8 Å². The van der Waals surface area contributed by atoms with Crippen LogP contribution >= 0.6 is 0 Å². The molecule has 0 saturated carbocycles. The predicted molar refractivity (Wildman–Crippen MR) is 142 cm³/mol. The van der Waals surface area contributed by atoms with Crippen molar-refractivity contribution < 1.29 is 23.9 Å². The summed E-state index contributed by atoms with van der Waals surface area (Å²) in [5.41, 5.74) is 1.38. The molecule has 0 aliphatic carbocycles. The molecule has 3 heterocycles. The maximum Gasteiger partial charge on any atom is 0.251 e. The summed E-state index contributed by atoms with van der Waals surface area (Å²) in [6, 6.07) is 6.71. The highest BCUT2D eigenvalue weighted by Gasteiger charge is 2.53. The van der Waals surface area contributed by atoms with Crippen molar-refractivity contribution in [2.45, 2.75) is 71.4 Å². The van der Waals surface area contributed by atoms with E-state index in [4.69, 9.17) is 9.47 Å². The quantitative estimate of drug-likeness (QED) is 0.595. The number of hydrogen-bond acceptors (Lipinski definition) is 7. The fourth-order valence-electron chi connectivity index (χ4n) is 5.62. The van der Waals surface area contributed by atoms with Gasteiger partial charge in [-0.25, -0.2) is 0 Å². The van der Waals surface area contributed by atoms with Gasteiger partial charge >= 0.3 is 0 Å². The topological polar surface area (TPSA) is 91.4 Å². The van der Waals surface area contributed by atoms with Crippen molar-refractivity contribution in [1.29, 1.82) is 0 Å². The molecule has 204 valence electrons. The Hall–Kier alpha value is -2.49. The number of nitrogens with zero attached hydrogens (tertiary/aromatic N) is 3. The number of carbonyl (C=O) groups is 3. The lowest BCUT2D eigenvalue weighted by Crippen LogP contribution is -2.53. The van der Waals surface area contributed by atoms with E-state index in [1.54, 1.807) is 12.0 Å². The summed E-state index contributed by atoms with van der Waals surface area (Å²) in [5.74, 6) is -0.688. The molecule has 1 aromatic rings. The van der Waals surface area contributed by atoms with Gasteiger partial charge in [0, 0.05) is 50.6 Å². The van der Waals surface area contributed by atoms with E-state index < -0.39 is 18.2 Å². The van der Waals surface area contributed by atoms with E-state index in [1.807, 2.05) is 45.0 Å². The van der Waals surface area contributed by atoms with E-state index in [0.717, 1.165) is 31.9 Å². The van der Waals surface area contributed by atoms with Crippen LogP contribution in [0.5, 0.6) is 0 Å². The molecule has 9 nitrogen and oxygen atoms in total. The van der Waals surface area contributed by atoms with Crippen LogP contribution in [0.15, 0.2) is 24.3 Å². The highest BCUT2D eigenvalue weighted by atomic mass is 16.5. The van der Waals surface area contributed by atoms with Crippen molar-refractivity contribution in [3.05, 3.63) is 29.8 Å². The highest BCUT2D eigenvalue weighted by molar-refractivity contribution is 5.99. The number of rotatable bonds is 7. The van der Waals surface area contributed by atoms with Gasteiger partial charge < -0.3 is 24.6 Å². The number of likely N-dealkylation sites (tertiary alicyclic amines) is 1. The SMILES string of the molecule is CO[C@@H]1CN(C(=O)[C@H](CC(C)(C)C)NC(=O)c2ccc(N3CCN(C(C)C)CC3)cc2)[C@@H]2C(=O)CO[C@@H]21. The zero-order chi connectivity index (χ0) is 26.9. The van der Waals surface area contributed by atoms with Gasteiger partial charge in [0.25, 0.3) is 5.91 Å². The Kier molecular flexibility index (Phi) is 8.26. The van der Waals surface area contributed by atoms with Crippen molar-refractivity contribution in [2.75, 3.05) is 51.3 Å². The van der Waals surface area contributed by atoms with Crippen molar-refractivity contribution in [1.82, 2.24) is 15.1 Å². The third kappa shape index (κ3) is 6.16. The molecule has 0 radical (unpaired) electrons. The third-order valence-corrected chi connectivity index (χ3v) is 7.68. The molecule has 37 heavy (non-hydrogen) atoms. The summed E-state index contributed by atoms with van der Waals surface area (Å²) in [6.07, 6.45) is -0.375. The predicted octanol–water partition coefficient (Wildman–Crippen LogP) is 1.95. The summed E-state index contributed by atoms with van der Waals surface area (Å²) >= 11 is 0. The minimum Gasteiger partial charge on any atom is -0.377 e. The first-order valence-corrected chi connectivity index (χ1v) is 13.4. The van der Waals surface area contributed by atoms with Gasteiger partial charge in [0.1, 0.15) is 30.9 Å². The number of nitrogens with one attached hydrogen (secondary N) is 1. The van der Waals surface area contributed by atoms with Gasteiger partial charge in [-0.05, 0) is 49.9 Å². The lowest BCUT2D eigenvalue weighted by atomic mass is 9.87. The molecule has 2 amide bonds. The lowest BCUT2D eigenvalue weighted by molar-refractivity contribution is -0.138. The summed E-state index contributed by atoms with van der Waals surface area (Å²) < 4.78 is 11.1. The van der Waals surface area contributed by atoms with Gasteiger partial charge in [-0.3, -0.25) is 19.3 Å². The Balaban J connectivity index is 1.45. The number of ketones is 1. The average molecular weight is 515 g/mol. The van der Waals surface area contributed by atoms with Crippen molar-refractivity contribution in [3.8, 4) is 0 Å². The monoisotopic (exact) mass is 514 g/mol. The van der Waals surface area contributed by atoms with Crippen molar-refractivity contribution in [2.24, 2.45) is 5.41 Å². The number of benzene rings is 1. The first kappa shape index (κ1) is 27.5. The summed E-state index contributed by atoms with van der Waals surface area (Å²) in [6.45, 7) is 14.7. The van der Waals surface area contributed by atoms with E-state index in [2.05, 4.69) is 29.0 Å². The first-order valence-electron chi connectivity index (χ1n) is 13.4. The van der Waals surface area contributed by atoms with Crippen molar-refractivity contribution >= 4 is 23.3 Å². The van der Waals surface area contributed by atoms with Gasteiger partial charge in [-0.2, -0.15) is 0 Å². The van der Waals surface area contributed by atoms with Crippen LogP contribution in [0.25, 0.3) is 0 Å². The maximum atomic E-state index is 13.7. The lowest BCUT2D eigenvalue weighted by Gasteiger charge is -2.38. The molecule has 3 aliphatic rings. The number of amides is 2. The average Bonchev–Trinajstić information content (AvgIpc) is 3.42. The molecular formula is C28H42N4O5. The number of ether oxygens (including phenoxy) is 2. The van der Waals surface area contributed by atoms with Crippen molar-refractivity contribution in [3.63, 3.8) is 0 Å². The number of carbonyl (C=O) groups excluding carboxylic acids is 3. The minimum absolute atomic E-state index is 0.0197. The van der Waals surface area contributed by atoms with Gasteiger partial charge in [0.2, 0.25) is 5.91 Å². The van der Waals surface area contributed by atoms with Crippen LogP contribution in [0.4, 0.5) is 5.69 Å². The molecule has 0 bridgehead atoms. The van der Waals surface area contributed by atoms with Gasteiger partial charge in [0.05, 0.1) is 6.54 Å². The van der Waals surface area contributed by atoms with E-state index >= 15 is 0 Å². The molecule has 0 unspecified atom stereocenters. The number of anilines is 1. The molecule has 1 N–H and O–H groups in total. The molecule has 4 atom stereocenters. The van der Waals surface area contributed by atoms with Crippen LogP contribution in [-0.4, -0.2) is 104 Å². The van der Waals surface area contributed by atoms with E-state index in [0.29, 0.717) is 18.0 Å². The molecular weight excluding hydrogens is 472 g/mol. The smallest absolute Gasteiger partial charge is 0.251 e. The summed E-state index contributed by atoms with van der Waals surface area (Å²) in [4.78, 5) is 45.8. The Labute approximate surface area is 220 Å². The number of fused-ring (bicyclic) bond motifs is 1. The minimum atomic E-state index is -0.763. The summed E-state index contributed by atoms with van der Waals surface area (Å²) in [5, 5.41) is 2.97. The maximum absolute atomic E-state index is 13.7. The van der Waals surface area contributed by atoms with Crippen LogP contribution in [0, 0.1) is 5.41 Å². The third-order valence-electron chi connectivity index (χ3n) is 7.68. The number of methoxy groups -OCH3 is 1. The Morgan fingerprint density at radius 1 is 1.11 bits per heavy atom. The normalized spacial score (nSPS) is 25.5. The van der Waals surface area contributed by atoms with Crippen LogP contribution < -0.4 is 10.2 Å². The molecule has 0 aromatic heterocycles. The van der Waals surface area contributed by atoms with Gasteiger partial charge in [0.15, 0.2) is 5.78 Å². The fraction of sp³-hybridized carbons (Fsp3) is 0.679. The molecule has 4 rings (SSSR count). The molecule has 3 fully saturated rings. The number of hydrogen-bond donors (Lipinski definition) is 1. The second kappa shape index (κ2) is 11.1. The van der Waals surface area contributed by atoms with Gasteiger partial charge in [-0.15, -0.1) is 0 Å². The highest BCUT2D eigenvalue weighted by Crippen LogP contribution is 2.31. The molecule has 1 aromatic carbocycles.